The summed E-state index contributed by atoms with van der Waals surface area (Å²) >= 11 is 9.44. The molecule has 1 saturated carbocycles. The van der Waals surface area contributed by atoms with Crippen LogP contribution in [0, 0.1) is 5.92 Å². The maximum atomic E-state index is 12.7. The monoisotopic (exact) mass is 369 g/mol. The van der Waals surface area contributed by atoms with E-state index >= 15 is 0 Å². The summed E-state index contributed by atoms with van der Waals surface area (Å²) in [5.74, 6) is -1.17. The Labute approximate surface area is 130 Å². The molecule has 0 amide bonds. The summed E-state index contributed by atoms with van der Waals surface area (Å²) in [5.41, 5.74) is 0.898. The zero-order valence-electron chi connectivity index (χ0n) is 10.8. The fourth-order valence-electron chi connectivity index (χ4n) is 2.61. The molecule has 112 valence electrons. The molecule has 1 aliphatic carbocycles. The zero-order valence-corrected chi connectivity index (χ0v) is 13.2. The van der Waals surface area contributed by atoms with Crippen LogP contribution in [0.2, 0.25) is 5.02 Å². The van der Waals surface area contributed by atoms with E-state index in [1.807, 2.05) is 12.1 Å². The lowest BCUT2D eigenvalue weighted by Gasteiger charge is -2.31. The van der Waals surface area contributed by atoms with Gasteiger partial charge < -0.3 is 5.32 Å². The lowest BCUT2D eigenvalue weighted by molar-refractivity contribution is -0.183. The third-order valence-corrected chi connectivity index (χ3v) is 4.59. The van der Waals surface area contributed by atoms with Crippen molar-refractivity contribution in [2.45, 2.75) is 44.4 Å². The quantitative estimate of drug-likeness (QED) is 0.760. The molecule has 6 heteroatoms. The molecule has 1 aliphatic rings. The highest BCUT2D eigenvalue weighted by atomic mass is 79.9. The van der Waals surface area contributed by atoms with E-state index in [9.17, 15) is 13.2 Å². The number of rotatable bonds is 3. The fraction of sp³-hybridized carbons (Fsp3) is 0.571. The first kappa shape index (κ1) is 16.1. The summed E-state index contributed by atoms with van der Waals surface area (Å²) in [4.78, 5) is 0. The van der Waals surface area contributed by atoms with Gasteiger partial charge in [-0.05, 0) is 43.0 Å². The third kappa shape index (κ3) is 4.37. The molecule has 0 radical (unpaired) electrons. The number of hydrogen-bond donors (Lipinski definition) is 1. The first-order valence-corrected chi connectivity index (χ1v) is 7.77. The molecule has 1 N–H and O–H groups in total. The summed E-state index contributed by atoms with van der Waals surface area (Å²) in [6.45, 7) is 0.494. The first-order chi connectivity index (χ1) is 9.36. The van der Waals surface area contributed by atoms with Crippen molar-refractivity contribution in [3.63, 3.8) is 0 Å². The normalized spacial score (nSPS) is 23.9. The van der Waals surface area contributed by atoms with Gasteiger partial charge in [0, 0.05) is 22.1 Å². The Bertz CT molecular complexity index is 464. The molecule has 0 aliphatic heterocycles. The van der Waals surface area contributed by atoms with E-state index in [1.54, 1.807) is 6.07 Å². The minimum absolute atomic E-state index is 0.0922. The van der Waals surface area contributed by atoms with E-state index < -0.39 is 12.1 Å². The second-order valence-electron chi connectivity index (χ2n) is 5.22. The van der Waals surface area contributed by atoms with E-state index in [2.05, 4.69) is 21.2 Å². The van der Waals surface area contributed by atoms with Crippen LogP contribution in [0.15, 0.2) is 22.7 Å². The van der Waals surface area contributed by atoms with Gasteiger partial charge in [-0.1, -0.05) is 34.0 Å². The van der Waals surface area contributed by atoms with E-state index in [-0.39, 0.29) is 18.9 Å². The SMILES string of the molecule is FC(F)(F)C1CCCC(NCc2cc(Br)ccc2Cl)C1. The Kier molecular flexibility index (Phi) is 5.37. The highest BCUT2D eigenvalue weighted by molar-refractivity contribution is 9.10. The molecule has 1 aromatic rings. The van der Waals surface area contributed by atoms with Crippen LogP contribution in [0.5, 0.6) is 0 Å². The van der Waals surface area contributed by atoms with E-state index in [1.165, 1.54) is 0 Å². The molecule has 1 aromatic carbocycles. The molecule has 0 bridgehead atoms. The van der Waals surface area contributed by atoms with Gasteiger partial charge in [-0.15, -0.1) is 0 Å². The van der Waals surface area contributed by atoms with Crippen molar-refractivity contribution in [2.75, 3.05) is 0 Å². The summed E-state index contributed by atoms with van der Waals surface area (Å²) in [7, 11) is 0. The Hall–Kier alpha value is -0.260. The molecule has 0 saturated heterocycles. The zero-order chi connectivity index (χ0) is 14.8. The van der Waals surface area contributed by atoms with Gasteiger partial charge in [0.1, 0.15) is 0 Å². The van der Waals surface area contributed by atoms with Crippen LogP contribution < -0.4 is 5.32 Å². The van der Waals surface area contributed by atoms with E-state index in [0.29, 0.717) is 18.0 Å². The van der Waals surface area contributed by atoms with Crippen molar-refractivity contribution >= 4 is 27.5 Å². The molecule has 20 heavy (non-hydrogen) atoms. The van der Waals surface area contributed by atoms with Gasteiger partial charge in [0.05, 0.1) is 5.92 Å². The predicted molar refractivity (Wildman–Crippen MR) is 77.8 cm³/mol. The molecule has 1 nitrogen and oxygen atoms in total. The number of nitrogens with one attached hydrogen (secondary N) is 1. The fourth-order valence-corrected chi connectivity index (χ4v) is 3.20. The van der Waals surface area contributed by atoms with Crippen LogP contribution in [0.4, 0.5) is 13.2 Å². The number of halogens is 5. The largest absolute Gasteiger partial charge is 0.391 e. The minimum atomic E-state index is -4.08. The number of alkyl halides is 3. The Morgan fingerprint density at radius 3 is 2.75 bits per heavy atom. The summed E-state index contributed by atoms with van der Waals surface area (Å²) in [6, 6.07) is 5.42. The first-order valence-electron chi connectivity index (χ1n) is 6.60. The van der Waals surface area contributed by atoms with Crippen LogP contribution in [0.3, 0.4) is 0 Å². The van der Waals surface area contributed by atoms with Gasteiger partial charge >= 0.3 is 6.18 Å². The van der Waals surface area contributed by atoms with Gasteiger partial charge in [0.15, 0.2) is 0 Å². The van der Waals surface area contributed by atoms with Crippen molar-refractivity contribution < 1.29 is 13.2 Å². The van der Waals surface area contributed by atoms with E-state index in [0.717, 1.165) is 16.5 Å². The van der Waals surface area contributed by atoms with Gasteiger partial charge in [-0.25, -0.2) is 0 Å². The highest BCUT2D eigenvalue weighted by Gasteiger charge is 2.41. The topological polar surface area (TPSA) is 12.0 Å². The summed E-state index contributed by atoms with van der Waals surface area (Å²) in [6.07, 6.45) is -2.26. The molecule has 0 spiro atoms. The summed E-state index contributed by atoms with van der Waals surface area (Å²) < 4.78 is 39.1. The Morgan fingerprint density at radius 2 is 2.05 bits per heavy atom. The second kappa shape index (κ2) is 6.67. The summed E-state index contributed by atoms with van der Waals surface area (Å²) in [5, 5.41) is 3.83. The minimum Gasteiger partial charge on any atom is -0.310 e. The van der Waals surface area contributed by atoms with Crippen LogP contribution in [-0.4, -0.2) is 12.2 Å². The molecule has 0 aromatic heterocycles. The Balaban J connectivity index is 1.92. The molecule has 2 atom stereocenters. The number of hydrogen-bond acceptors (Lipinski definition) is 1. The lowest BCUT2D eigenvalue weighted by Crippen LogP contribution is -2.38. The molecular formula is C14H16BrClF3N. The number of benzene rings is 1. The maximum Gasteiger partial charge on any atom is 0.391 e. The van der Waals surface area contributed by atoms with E-state index in [4.69, 9.17) is 11.6 Å². The van der Waals surface area contributed by atoms with Crippen molar-refractivity contribution in [2.24, 2.45) is 5.92 Å². The van der Waals surface area contributed by atoms with Crippen molar-refractivity contribution in [3.8, 4) is 0 Å². The maximum absolute atomic E-state index is 12.7. The predicted octanol–water partition coefficient (Wildman–Crippen LogP) is 5.31. The average molecular weight is 371 g/mol. The molecule has 2 rings (SSSR count). The van der Waals surface area contributed by atoms with Crippen LogP contribution in [0.1, 0.15) is 31.2 Å². The van der Waals surface area contributed by atoms with Crippen LogP contribution >= 0.6 is 27.5 Å². The Morgan fingerprint density at radius 1 is 1.30 bits per heavy atom. The van der Waals surface area contributed by atoms with Crippen molar-refractivity contribution in [1.29, 1.82) is 0 Å². The van der Waals surface area contributed by atoms with Crippen molar-refractivity contribution in [1.82, 2.24) is 5.32 Å². The molecule has 0 heterocycles. The van der Waals surface area contributed by atoms with Gasteiger partial charge in [-0.3, -0.25) is 0 Å². The molecule has 1 fully saturated rings. The average Bonchev–Trinajstić information content (AvgIpc) is 2.39. The second-order valence-corrected chi connectivity index (χ2v) is 6.54. The third-order valence-electron chi connectivity index (χ3n) is 3.73. The van der Waals surface area contributed by atoms with Crippen molar-refractivity contribution in [3.05, 3.63) is 33.3 Å². The van der Waals surface area contributed by atoms with Crippen LogP contribution in [0.25, 0.3) is 0 Å². The van der Waals surface area contributed by atoms with Gasteiger partial charge in [0.2, 0.25) is 0 Å². The van der Waals surface area contributed by atoms with Gasteiger partial charge in [-0.2, -0.15) is 13.2 Å². The smallest absolute Gasteiger partial charge is 0.310 e. The standard InChI is InChI=1S/C14H16BrClF3N/c15-11-4-5-13(16)9(6-11)8-20-12-3-1-2-10(7-12)14(17,18)19/h4-6,10,12,20H,1-3,7-8H2. The highest BCUT2D eigenvalue weighted by Crippen LogP contribution is 2.37. The van der Waals surface area contributed by atoms with Crippen LogP contribution in [-0.2, 0) is 6.54 Å². The van der Waals surface area contributed by atoms with Gasteiger partial charge in [0.25, 0.3) is 0 Å². The molecule has 2 unspecified atom stereocenters. The molecular weight excluding hydrogens is 355 g/mol. The lowest BCUT2D eigenvalue weighted by atomic mass is 9.85.